The monoisotopic (exact) mass is 389 g/mol. The Labute approximate surface area is 157 Å². The maximum Gasteiger partial charge on any atom is 0.270 e. The molecule has 142 valence electrons. The Morgan fingerprint density at radius 3 is 2.74 bits per heavy atom. The number of hydrogen-bond acceptors (Lipinski definition) is 5. The molecule has 1 heterocycles. The minimum Gasteiger partial charge on any atom is -0.322 e. The van der Waals surface area contributed by atoms with E-state index < -0.39 is 20.9 Å². The van der Waals surface area contributed by atoms with Gasteiger partial charge in [0.15, 0.2) is 0 Å². The molecule has 27 heavy (non-hydrogen) atoms. The highest BCUT2D eigenvalue weighted by Gasteiger charge is 2.26. The van der Waals surface area contributed by atoms with Crippen LogP contribution in [0.4, 0.5) is 17.1 Å². The number of nitro benzene ring substituents is 1. The summed E-state index contributed by atoms with van der Waals surface area (Å²) in [4.78, 5) is 22.7. The summed E-state index contributed by atoms with van der Waals surface area (Å²) in [6, 6.07) is 10.6. The molecule has 0 radical (unpaired) electrons. The molecule has 0 aliphatic carbocycles. The topological polar surface area (TPSA) is 110 Å². The maximum atomic E-state index is 12.4. The van der Waals surface area contributed by atoms with Crippen molar-refractivity contribution in [1.82, 2.24) is 0 Å². The number of benzene rings is 2. The lowest BCUT2D eigenvalue weighted by molar-refractivity contribution is -0.384. The van der Waals surface area contributed by atoms with Gasteiger partial charge in [0, 0.05) is 29.9 Å². The summed E-state index contributed by atoms with van der Waals surface area (Å²) in [5.74, 6) is -0.504. The molecule has 8 nitrogen and oxygen atoms in total. The summed E-state index contributed by atoms with van der Waals surface area (Å²) >= 11 is 0. The van der Waals surface area contributed by atoms with E-state index in [4.69, 9.17) is 0 Å². The van der Waals surface area contributed by atoms with Crippen LogP contribution in [0.25, 0.3) is 0 Å². The van der Waals surface area contributed by atoms with Crippen molar-refractivity contribution in [2.24, 2.45) is 0 Å². The lowest BCUT2D eigenvalue weighted by atomic mass is 10.0. The van der Waals surface area contributed by atoms with Gasteiger partial charge in [-0.05, 0) is 43.5 Å². The van der Waals surface area contributed by atoms with Gasteiger partial charge < -0.3 is 5.32 Å². The van der Waals surface area contributed by atoms with Crippen LogP contribution in [0.3, 0.4) is 0 Å². The first-order valence-corrected chi connectivity index (χ1v) is 10.1. The zero-order valence-corrected chi connectivity index (χ0v) is 15.5. The van der Waals surface area contributed by atoms with E-state index in [1.807, 2.05) is 0 Å². The Kier molecular flexibility index (Phi) is 5.13. The van der Waals surface area contributed by atoms with Crippen LogP contribution in [-0.2, 0) is 16.4 Å². The van der Waals surface area contributed by atoms with Gasteiger partial charge in [0.2, 0.25) is 10.0 Å². The standard InChI is InChI=1S/C18H19N3O5S/c1-2-27(25,26)20-10-4-6-13-8-9-15(12-17(13)20)19-18(22)14-5-3-7-16(11-14)21(23)24/h3,5,7-9,11-12H,2,4,6,10H2,1H3,(H,19,22). The highest BCUT2D eigenvalue weighted by molar-refractivity contribution is 7.92. The van der Waals surface area contributed by atoms with Crippen LogP contribution in [0.2, 0.25) is 0 Å². The van der Waals surface area contributed by atoms with Gasteiger partial charge in [0.1, 0.15) is 0 Å². The first kappa shape index (κ1) is 18.8. The largest absolute Gasteiger partial charge is 0.322 e. The van der Waals surface area contributed by atoms with Gasteiger partial charge in [-0.2, -0.15) is 0 Å². The molecule has 0 saturated heterocycles. The van der Waals surface area contributed by atoms with E-state index >= 15 is 0 Å². The molecular formula is C18H19N3O5S. The third-order valence-electron chi connectivity index (χ3n) is 4.44. The fourth-order valence-corrected chi connectivity index (χ4v) is 4.22. The summed E-state index contributed by atoms with van der Waals surface area (Å²) in [6.07, 6.45) is 1.51. The fourth-order valence-electron chi connectivity index (χ4n) is 3.03. The number of non-ortho nitro benzene ring substituents is 1. The number of nitro groups is 1. The molecule has 0 saturated carbocycles. The van der Waals surface area contributed by atoms with Gasteiger partial charge in [0.25, 0.3) is 11.6 Å². The second kappa shape index (κ2) is 7.36. The average molecular weight is 389 g/mol. The van der Waals surface area contributed by atoms with Crippen LogP contribution in [0, 0.1) is 10.1 Å². The number of anilines is 2. The Morgan fingerprint density at radius 1 is 1.26 bits per heavy atom. The number of nitrogens with zero attached hydrogens (tertiary/aromatic N) is 2. The zero-order valence-electron chi connectivity index (χ0n) is 14.7. The average Bonchev–Trinajstić information content (AvgIpc) is 2.67. The van der Waals surface area contributed by atoms with Crippen molar-refractivity contribution in [3.05, 3.63) is 63.7 Å². The van der Waals surface area contributed by atoms with Crippen molar-refractivity contribution in [2.75, 3.05) is 21.9 Å². The Morgan fingerprint density at radius 2 is 2.04 bits per heavy atom. The normalized spacial score (nSPS) is 13.7. The van der Waals surface area contributed by atoms with Crippen molar-refractivity contribution in [3.63, 3.8) is 0 Å². The van der Waals surface area contributed by atoms with E-state index in [1.54, 1.807) is 25.1 Å². The molecular weight excluding hydrogens is 370 g/mol. The first-order valence-electron chi connectivity index (χ1n) is 8.51. The summed E-state index contributed by atoms with van der Waals surface area (Å²) in [6.45, 7) is 2.00. The van der Waals surface area contributed by atoms with E-state index in [-0.39, 0.29) is 17.0 Å². The molecule has 1 amide bonds. The molecule has 2 aromatic rings. The molecule has 9 heteroatoms. The number of rotatable bonds is 5. The van der Waals surface area contributed by atoms with Gasteiger partial charge in [-0.3, -0.25) is 19.2 Å². The van der Waals surface area contributed by atoms with Crippen molar-refractivity contribution in [1.29, 1.82) is 0 Å². The molecule has 0 bridgehead atoms. The van der Waals surface area contributed by atoms with E-state index in [0.29, 0.717) is 17.9 Å². The molecule has 0 atom stereocenters. The Balaban J connectivity index is 1.89. The molecule has 1 aliphatic rings. The molecule has 0 unspecified atom stereocenters. The highest BCUT2D eigenvalue weighted by atomic mass is 32.2. The molecule has 0 aromatic heterocycles. The fraction of sp³-hybridized carbons (Fsp3) is 0.278. The predicted molar refractivity (Wildman–Crippen MR) is 103 cm³/mol. The number of sulfonamides is 1. The Bertz CT molecular complexity index is 1000. The summed E-state index contributed by atoms with van der Waals surface area (Å²) in [5.41, 5.74) is 1.89. The minimum absolute atomic E-state index is 0.00326. The third-order valence-corrected chi connectivity index (χ3v) is 6.22. The molecule has 2 aromatic carbocycles. The minimum atomic E-state index is -3.40. The number of nitrogens with one attached hydrogen (secondary N) is 1. The molecule has 0 fully saturated rings. The second-order valence-corrected chi connectivity index (χ2v) is 8.36. The van der Waals surface area contributed by atoms with Crippen molar-refractivity contribution in [2.45, 2.75) is 19.8 Å². The summed E-state index contributed by atoms with van der Waals surface area (Å²) in [7, 11) is -3.40. The van der Waals surface area contributed by atoms with Crippen LogP contribution < -0.4 is 9.62 Å². The smallest absolute Gasteiger partial charge is 0.270 e. The van der Waals surface area contributed by atoms with E-state index in [1.165, 1.54) is 28.6 Å². The van der Waals surface area contributed by atoms with Gasteiger partial charge in [-0.25, -0.2) is 8.42 Å². The molecule has 1 aliphatic heterocycles. The van der Waals surface area contributed by atoms with Gasteiger partial charge in [-0.15, -0.1) is 0 Å². The number of aryl methyl sites for hydroxylation is 1. The van der Waals surface area contributed by atoms with Crippen molar-refractivity contribution < 1.29 is 18.1 Å². The second-order valence-electron chi connectivity index (χ2n) is 6.18. The lowest BCUT2D eigenvalue weighted by Gasteiger charge is -2.30. The Hall–Kier alpha value is -2.94. The van der Waals surface area contributed by atoms with E-state index in [2.05, 4.69) is 5.32 Å². The molecule has 3 rings (SSSR count). The highest BCUT2D eigenvalue weighted by Crippen LogP contribution is 2.32. The number of hydrogen-bond donors (Lipinski definition) is 1. The zero-order chi connectivity index (χ0) is 19.6. The van der Waals surface area contributed by atoms with Crippen LogP contribution in [0.5, 0.6) is 0 Å². The molecule has 1 N–H and O–H groups in total. The van der Waals surface area contributed by atoms with Crippen molar-refractivity contribution >= 4 is 33.0 Å². The third kappa shape index (κ3) is 3.92. The quantitative estimate of drug-likeness (QED) is 0.624. The lowest BCUT2D eigenvalue weighted by Crippen LogP contribution is -2.36. The summed E-state index contributed by atoms with van der Waals surface area (Å²) in [5, 5.41) is 13.5. The number of amides is 1. The van der Waals surface area contributed by atoms with Crippen molar-refractivity contribution in [3.8, 4) is 0 Å². The van der Waals surface area contributed by atoms with Gasteiger partial charge in [-0.1, -0.05) is 12.1 Å². The number of carbonyl (C=O) groups is 1. The van der Waals surface area contributed by atoms with Gasteiger partial charge in [0.05, 0.1) is 16.4 Å². The van der Waals surface area contributed by atoms with E-state index in [9.17, 15) is 23.3 Å². The summed E-state index contributed by atoms with van der Waals surface area (Å²) < 4.78 is 26.1. The predicted octanol–water partition coefficient (Wildman–Crippen LogP) is 2.95. The van der Waals surface area contributed by atoms with Crippen LogP contribution in [-0.4, -0.2) is 31.5 Å². The number of carbonyl (C=O) groups excluding carboxylic acids is 1. The van der Waals surface area contributed by atoms with E-state index in [0.717, 1.165) is 18.4 Å². The first-order chi connectivity index (χ1) is 12.8. The van der Waals surface area contributed by atoms with Crippen LogP contribution in [0.15, 0.2) is 42.5 Å². The molecule has 0 spiro atoms. The number of fused-ring (bicyclic) bond motifs is 1. The van der Waals surface area contributed by atoms with Crippen LogP contribution >= 0.6 is 0 Å². The maximum absolute atomic E-state index is 12.4. The SMILES string of the molecule is CCS(=O)(=O)N1CCCc2ccc(NC(=O)c3cccc([N+](=O)[O-])c3)cc21. The van der Waals surface area contributed by atoms with Crippen LogP contribution in [0.1, 0.15) is 29.3 Å². The van der Waals surface area contributed by atoms with Gasteiger partial charge >= 0.3 is 0 Å².